The first-order valence-corrected chi connectivity index (χ1v) is 10.1. The summed E-state index contributed by atoms with van der Waals surface area (Å²) in [6, 6.07) is 16.5. The minimum absolute atomic E-state index is 0.00817. The van der Waals surface area contributed by atoms with Crippen molar-refractivity contribution in [3.63, 3.8) is 0 Å². The maximum absolute atomic E-state index is 13.0. The molecule has 7 nitrogen and oxygen atoms in total. The van der Waals surface area contributed by atoms with Crippen molar-refractivity contribution in [2.45, 2.75) is 6.42 Å². The minimum Gasteiger partial charge on any atom is -0.497 e. The van der Waals surface area contributed by atoms with E-state index >= 15 is 0 Å². The van der Waals surface area contributed by atoms with Gasteiger partial charge in [0.05, 0.1) is 13.0 Å². The van der Waals surface area contributed by atoms with Crippen molar-refractivity contribution in [1.29, 1.82) is 0 Å². The fourth-order valence-electron chi connectivity index (χ4n) is 4.04. The predicted molar refractivity (Wildman–Crippen MR) is 112 cm³/mol. The van der Waals surface area contributed by atoms with Crippen LogP contribution in [-0.4, -0.2) is 67.4 Å². The van der Waals surface area contributed by atoms with Gasteiger partial charge in [-0.15, -0.1) is 0 Å². The fraction of sp³-hybridized carbons (Fsp3) is 0.348. The van der Waals surface area contributed by atoms with Crippen LogP contribution in [0.5, 0.6) is 5.75 Å². The number of amides is 3. The van der Waals surface area contributed by atoms with E-state index in [1.54, 1.807) is 46.1 Å². The van der Waals surface area contributed by atoms with E-state index in [0.717, 1.165) is 11.4 Å². The van der Waals surface area contributed by atoms with Crippen molar-refractivity contribution in [2.24, 2.45) is 5.92 Å². The molecule has 0 aliphatic carbocycles. The molecule has 0 radical (unpaired) electrons. The van der Waals surface area contributed by atoms with Crippen molar-refractivity contribution in [1.82, 2.24) is 9.80 Å². The molecule has 0 spiro atoms. The Morgan fingerprint density at radius 2 is 1.53 bits per heavy atom. The number of hydrogen-bond acceptors (Lipinski definition) is 4. The molecule has 0 N–H and O–H groups in total. The predicted octanol–water partition coefficient (Wildman–Crippen LogP) is 2.03. The van der Waals surface area contributed by atoms with E-state index in [1.165, 1.54) is 0 Å². The molecular formula is C23H25N3O4. The van der Waals surface area contributed by atoms with Crippen LogP contribution in [0.2, 0.25) is 0 Å². The van der Waals surface area contributed by atoms with Gasteiger partial charge in [-0.05, 0) is 36.4 Å². The zero-order valence-electron chi connectivity index (χ0n) is 17.0. The van der Waals surface area contributed by atoms with E-state index in [9.17, 15) is 14.4 Å². The van der Waals surface area contributed by atoms with E-state index in [-0.39, 0.29) is 30.1 Å². The Hall–Kier alpha value is -3.35. The van der Waals surface area contributed by atoms with Gasteiger partial charge in [-0.25, -0.2) is 0 Å². The van der Waals surface area contributed by atoms with E-state index in [4.69, 9.17) is 4.74 Å². The molecule has 7 heteroatoms. The Morgan fingerprint density at radius 3 is 2.17 bits per heavy atom. The zero-order valence-corrected chi connectivity index (χ0v) is 17.0. The Labute approximate surface area is 175 Å². The third-order valence-electron chi connectivity index (χ3n) is 5.76. The average Bonchev–Trinajstić information content (AvgIpc) is 3.20. The minimum atomic E-state index is -0.351. The summed E-state index contributed by atoms with van der Waals surface area (Å²) in [5, 5.41) is 0. The largest absolute Gasteiger partial charge is 0.497 e. The van der Waals surface area contributed by atoms with Gasteiger partial charge in [-0.3, -0.25) is 14.4 Å². The van der Waals surface area contributed by atoms with E-state index in [2.05, 4.69) is 0 Å². The van der Waals surface area contributed by atoms with Gasteiger partial charge in [0.1, 0.15) is 5.75 Å². The highest BCUT2D eigenvalue weighted by Crippen LogP contribution is 2.28. The Balaban J connectivity index is 1.34. The van der Waals surface area contributed by atoms with Gasteiger partial charge in [-0.2, -0.15) is 0 Å². The standard InChI is InChI=1S/C23H25N3O4/c1-30-20-9-7-19(8-10-20)26-16-18(15-21(26)27)23(29)25-13-11-24(12-14-25)22(28)17-5-3-2-4-6-17/h2-10,18H,11-16H2,1H3/t18-/m1/s1. The smallest absolute Gasteiger partial charge is 0.253 e. The van der Waals surface area contributed by atoms with Crippen LogP contribution in [-0.2, 0) is 9.59 Å². The summed E-state index contributed by atoms with van der Waals surface area (Å²) in [4.78, 5) is 43.3. The highest BCUT2D eigenvalue weighted by Gasteiger charge is 2.38. The normalized spacial score (nSPS) is 19.2. The van der Waals surface area contributed by atoms with E-state index in [0.29, 0.717) is 38.3 Å². The monoisotopic (exact) mass is 407 g/mol. The molecule has 0 aromatic heterocycles. The van der Waals surface area contributed by atoms with Gasteiger partial charge in [0, 0.05) is 50.4 Å². The van der Waals surface area contributed by atoms with E-state index < -0.39 is 0 Å². The van der Waals surface area contributed by atoms with Crippen molar-refractivity contribution in [2.75, 3.05) is 44.7 Å². The summed E-state index contributed by atoms with van der Waals surface area (Å²) in [6.07, 6.45) is 0.216. The van der Waals surface area contributed by atoms with Crippen LogP contribution in [0.1, 0.15) is 16.8 Å². The second kappa shape index (κ2) is 8.57. The first-order valence-electron chi connectivity index (χ1n) is 10.1. The van der Waals surface area contributed by atoms with Crippen molar-refractivity contribution in [3.8, 4) is 5.75 Å². The fourth-order valence-corrected chi connectivity index (χ4v) is 4.04. The Bertz CT molecular complexity index is 921. The molecule has 30 heavy (non-hydrogen) atoms. The van der Waals surface area contributed by atoms with Gasteiger partial charge in [0.25, 0.3) is 5.91 Å². The quantitative estimate of drug-likeness (QED) is 0.778. The SMILES string of the molecule is COc1ccc(N2C[C@H](C(=O)N3CCN(C(=O)c4ccccc4)CC3)CC2=O)cc1. The summed E-state index contributed by atoms with van der Waals surface area (Å²) in [6.45, 7) is 2.37. The zero-order chi connectivity index (χ0) is 21.1. The average molecular weight is 407 g/mol. The second-order valence-corrected chi connectivity index (χ2v) is 7.59. The number of carbonyl (C=O) groups is 3. The number of anilines is 1. The van der Waals surface area contributed by atoms with Crippen LogP contribution >= 0.6 is 0 Å². The lowest BCUT2D eigenvalue weighted by molar-refractivity contribution is -0.137. The summed E-state index contributed by atoms with van der Waals surface area (Å²) in [7, 11) is 1.60. The number of rotatable bonds is 4. The van der Waals surface area contributed by atoms with Crippen LogP contribution in [0, 0.1) is 5.92 Å². The first-order chi connectivity index (χ1) is 14.6. The van der Waals surface area contributed by atoms with Gasteiger partial charge in [0.15, 0.2) is 0 Å². The highest BCUT2D eigenvalue weighted by molar-refractivity contribution is 6.00. The van der Waals surface area contributed by atoms with Gasteiger partial charge in [-0.1, -0.05) is 18.2 Å². The van der Waals surface area contributed by atoms with Crippen LogP contribution in [0.3, 0.4) is 0 Å². The maximum atomic E-state index is 13.0. The molecule has 2 fully saturated rings. The van der Waals surface area contributed by atoms with Crippen LogP contribution in [0.4, 0.5) is 5.69 Å². The molecule has 2 aliphatic rings. The molecule has 3 amide bonds. The summed E-state index contributed by atoms with van der Waals surface area (Å²) >= 11 is 0. The topological polar surface area (TPSA) is 70.2 Å². The van der Waals surface area contributed by atoms with Crippen LogP contribution in [0.25, 0.3) is 0 Å². The lowest BCUT2D eigenvalue weighted by Crippen LogP contribution is -2.52. The molecule has 1 atom stereocenters. The molecule has 2 aliphatic heterocycles. The molecule has 0 bridgehead atoms. The number of carbonyl (C=O) groups excluding carboxylic acids is 3. The molecular weight excluding hydrogens is 382 g/mol. The van der Waals surface area contributed by atoms with Gasteiger partial charge in [0.2, 0.25) is 11.8 Å². The molecule has 0 unspecified atom stereocenters. The number of ether oxygens (including phenoxy) is 1. The number of piperazine rings is 1. The van der Waals surface area contributed by atoms with Crippen LogP contribution < -0.4 is 9.64 Å². The molecule has 4 rings (SSSR count). The second-order valence-electron chi connectivity index (χ2n) is 7.59. The number of nitrogens with zero attached hydrogens (tertiary/aromatic N) is 3. The Kier molecular flexibility index (Phi) is 5.70. The molecule has 2 heterocycles. The first kappa shape index (κ1) is 19.9. The Morgan fingerprint density at radius 1 is 0.900 bits per heavy atom. The maximum Gasteiger partial charge on any atom is 0.253 e. The van der Waals surface area contributed by atoms with Crippen LogP contribution in [0.15, 0.2) is 54.6 Å². The van der Waals surface area contributed by atoms with Gasteiger partial charge < -0.3 is 19.4 Å². The van der Waals surface area contributed by atoms with Crippen molar-refractivity contribution < 1.29 is 19.1 Å². The molecule has 0 saturated carbocycles. The van der Waals surface area contributed by atoms with Crippen molar-refractivity contribution in [3.05, 3.63) is 60.2 Å². The molecule has 156 valence electrons. The number of benzene rings is 2. The van der Waals surface area contributed by atoms with Gasteiger partial charge >= 0.3 is 0 Å². The third-order valence-corrected chi connectivity index (χ3v) is 5.76. The number of hydrogen-bond donors (Lipinski definition) is 0. The lowest BCUT2D eigenvalue weighted by atomic mass is 10.1. The molecule has 2 saturated heterocycles. The molecule has 2 aromatic rings. The lowest BCUT2D eigenvalue weighted by Gasteiger charge is -2.36. The number of methoxy groups -OCH3 is 1. The van der Waals surface area contributed by atoms with E-state index in [1.807, 2.05) is 30.3 Å². The summed E-state index contributed by atoms with van der Waals surface area (Å²) in [5.74, 6) is 0.309. The van der Waals surface area contributed by atoms with Crippen molar-refractivity contribution >= 4 is 23.4 Å². The third kappa shape index (κ3) is 4.01. The summed E-state index contributed by atoms with van der Waals surface area (Å²) < 4.78 is 5.16. The molecule has 2 aromatic carbocycles. The summed E-state index contributed by atoms with van der Waals surface area (Å²) in [5.41, 5.74) is 1.43. The highest BCUT2D eigenvalue weighted by atomic mass is 16.5.